The number of aromatic amines is 1. The minimum Gasteiger partial charge on any atom is -0.476 e. The van der Waals surface area contributed by atoms with Gasteiger partial charge < -0.3 is 9.63 Å². The van der Waals surface area contributed by atoms with Crippen LogP contribution in [0.2, 0.25) is 0 Å². The monoisotopic (exact) mass is 402 g/mol. The maximum atomic E-state index is 13.3. The number of sulfonamides is 1. The maximum Gasteiger partial charge on any atom is 0.356 e. The Balaban J connectivity index is 1.73. The number of rotatable bonds is 4. The Labute approximate surface area is 161 Å². The van der Waals surface area contributed by atoms with Crippen molar-refractivity contribution < 1.29 is 22.8 Å². The van der Waals surface area contributed by atoms with Crippen LogP contribution in [0.3, 0.4) is 0 Å². The molecule has 0 saturated heterocycles. The molecule has 0 saturated carbocycles. The van der Waals surface area contributed by atoms with Gasteiger partial charge in [0.25, 0.3) is 0 Å². The Morgan fingerprint density at radius 1 is 1.29 bits per heavy atom. The Kier molecular flexibility index (Phi) is 4.31. The van der Waals surface area contributed by atoms with Crippen LogP contribution in [0.5, 0.6) is 0 Å². The Morgan fingerprint density at radius 3 is 2.75 bits per heavy atom. The summed E-state index contributed by atoms with van der Waals surface area (Å²) in [5.41, 5.74) is 2.82. The van der Waals surface area contributed by atoms with Gasteiger partial charge in [0, 0.05) is 42.4 Å². The zero-order chi connectivity index (χ0) is 20.1. The van der Waals surface area contributed by atoms with Crippen LogP contribution in [0.25, 0.3) is 11.3 Å². The highest BCUT2D eigenvalue weighted by Gasteiger charge is 2.33. The SMILES string of the molecule is Cc1cc(-c2ccc(C)c(S(=O)(=O)N3CCc4[nH]nc(C(=O)O)c4C3)c2)on1. The van der Waals surface area contributed by atoms with Crippen molar-refractivity contribution in [2.24, 2.45) is 0 Å². The number of hydrogen-bond donors (Lipinski definition) is 2. The van der Waals surface area contributed by atoms with E-state index < -0.39 is 16.0 Å². The molecule has 0 unspecified atom stereocenters. The number of benzene rings is 1. The minimum absolute atomic E-state index is 0.0408. The number of nitrogens with zero attached hydrogens (tertiary/aromatic N) is 3. The molecule has 0 atom stereocenters. The van der Waals surface area contributed by atoms with Crippen molar-refractivity contribution in [1.29, 1.82) is 0 Å². The maximum absolute atomic E-state index is 13.3. The summed E-state index contributed by atoms with van der Waals surface area (Å²) in [4.78, 5) is 11.5. The Bertz CT molecular complexity index is 1180. The molecule has 3 aromatic rings. The zero-order valence-corrected chi connectivity index (χ0v) is 16.1. The van der Waals surface area contributed by atoms with E-state index in [1.807, 2.05) is 0 Å². The molecule has 3 heterocycles. The van der Waals surface area contributed by atoms with Crippen LogP contribution < -0.4 is 0 Å². The molecule has 0 aliphatic carbocycles. The number of carbonyl (C=O) groups is 1. The average Bonchev–Trinajstić information content (AvgIpc) is 3.27. The lowest BCUT2D eigenvalue weighted by Gasteiger charge is -2.27. The topological polar surface area (TPSA) is 129 Å². The normalized spacial score (nSPS) is 14.8. The van der Waals surface area contributed by atoms with Gasteiger partial charge in [-0.1, -0.05) is 17.3 Å². The molecular formula is C18H18N4O5S. The highest BCUT2D eigenvalue weighted by atomic mass is 32.2. The molecule has 0 radical (unpaired) electrons. The van der Waals surface area contributed by atoms with E-state index in [4.69, 9.17) is 4.52 Å². The van der Waals surface area contributed by atoms with Gasteiger partial charge in [0.05, 0.1) is 10.6 Å². The zero-order valence-electron chi connectivity index (χ0n) is 15.3. The highest BCUT2D eigenvalue weighted by Crippen LogP contribution is 2.30. The number of hydrogen-bond acceptors (Lipinski definition) is 6. The van der Waals surface area contributed by atoms with Crippen LogP contribution in [0.1, 0.15) is 33.0 Å². The smallest absolute Gasteiger partial charge is 0.356 e. The summed E-state index contributed by atoms with van der Waals surface area (Å²) in [6.45, 7) is 3.70. The fraction of sp³-hybridized carbons (Fsp3) is 0.278. The number of H-pyrrole nitrogens is 1. The van der Waals surface area contributed by atoms with E-state index in [0.29, 0.717) is 40.3 Å². The number of aromatic nitrogens is 3. The van der Waals surface area contributed by atoms with Gasteiger partial charge in [-0.15, -0.1) is 0 Å². The van der Waals surface area contributed by atoms with Crippen LogP contribution in [-0.2, 0) is 23.0 Å². The van der Waals surface area contributed by atoms with Crippen molar-refractivity contribution in [2.45, 2.75) is 31.7 Å². The lowest BCUT2D eigenvalue weighted by molar-refractivity contribution is 0.0688. The second-order valence-corrected chi connectivity index (χ2v) is 8.64. The summed E-state index contributed by atoms with van der Waals surface area (Å²) in [7, 11) is -3.84. The molecule has 10 heteroatoms. The lowest BCUT2D eigenvalue weighted by atomic mass is 10.1. The molecule has 146 valence electrons. The molecule has 1 aliphatic rings. The van der Waals surface area contributed by atoms with Crippen LogP contribution in [-0.4, -0.2) is 45.7 Å². The van der Waals surface area contributed by atoms with Gasteiger partial charge in [-0.05, 0) is 25.5 Å². The van der Waals surface area contributed by atoms with E-state index in [1.165, 1.54) is 4.31 Å². The lowest BCUT2D eigenvalue weighted by Crippen LogP contribution is -2.36. The molecule has 4 rings (SSSR count). The van der Waals surface area contributed by atoms with E-state index in [0.717, 1.165) is 0 Å². The van der Waals surface area contributed by atoms with Gasteiger partial charge in [0.15, 0.2) is 11.5 Å². The van der Waals surface area contributed by atoms with Gasteiger partial charge in [0.1, 0.15) is 0 Å². The van der Waals surface area contributed by atoms with Crippen LogP contribution >= 0.6 is 0 Å². The second-order valence-electron chi connectivity index (χ2n) is 6.74. The van der Waals surface area contributed by atoms with Crippen molar-refractivity contribution in [3.63, 3.8) is 0 Å². The van der Waals surface area contributed by atoms with Crippen molar-refractivity contribution in [3.8, 4) is 11.3 Å². The molecular weight excluding hydrogens is 384 g/mol. The van der Waals surface area contributed by atoms with Crippen LogP contribution in [0.4, 0.5) is 0 Å². The average molecular weight is 402 g/mol. The first-order valence-electron chi connectivity index (χ1n) is 8.61. The molecule has 1 aromatic carbocycles. The predicted octanol–water partition coefficient (Wildman–Crippen LogP) is 2.13. The molecule has 2 N–H and O–H groups in total. The van der Waals surface area contributed by atoms with Crippen LogP contribution in [0, 0.1) is 13.8 Å². The molecule has 0 amide bonds. The molecule has 28 heavy (non-hydrogen) atoms. The summed E-state index contributed by atoms with van der Waals surface area (Å²) < 4.78 is 33.2. The first-order chi connectivity index (χ1) is 13.3. The van der Waals surface area contributed by atoms with Gasteiger partial charge in [-0.2, -0.15) is 9.40 Å². The van der Waals surface area contributed by atoms with E-state index >= 15 is 0 Å². The van der Waals surface area contributed by atoms with Gasteiger partial charge in [0.2, 0.25) is 10.0 Å². The quantitative estimate of drug-likeness (QED) is 0.684. The minimum atomic E-state index is -3.84. The van der Waals surface area contributed by atoms with E-state index in [1.54, 1.807) is 38.1 Å². The first-order valence-corrected chi connectivity index (χ1v) is 10.1. The fourth-order valence-electron chi connectivity index (χ4n) is 3.32. The number of carboxylic acids is 1. The summed E-state index contributed by atoms with van der Waals surface area (Å²) in [5.74, 6) is -0.700. The van der Waals surface area contributed by atoms with Gasteiger partial charge in [-0.25, -0.2) is 13.2 Å². The summed E-state index contributed by atoms with van der Waals surface area (Å²) in [5, 5.41) is 19.6. The molecule has 2 aromatic heterocycles. The third-order valence-electron chi connectivity index (χ3n) is 4.82. The van der Waals surface area contributed by atoms with Crippen molar-refractivity contribution in [2.75, 3.05) is 6.54 Å². The number of fused-ring (bicyclic) bond motifs is 1. The number of carboxylic acid groups (broad SMARTS) is 1. The number of nitrogens with one attached hydrogen (secondary N) is 1. The number of aromatic carboxylic acids is 1. The molecule has 1 aliphatic heterocycles. The third-order valence-corrected chi connectivity index (χ3v) is 6.81. The highest BCUT2D eigenvalue weighted by molar-refractivity contribution is 7.89. The van der Waals surface area contributed by atoms with Gasteiger partial charge >= 0.3 is 5.97 Å². The third kappa shape index (κ3) is 3.00. The Morgan fingerprint density at radius 2 is 2.07 bits per heavy atom. The standard InChI is InChI=1S/C18H18N4O5S/c1-10-3-4-12(15-7-11(2)21-27-15)8-16(10)28(25,26)22-6-5-14-13(9-22)17(18(23)24)20-19-14/h3-4,7-8H,5-6,9H2,1-2H3,(H,19,20)(H,23,24). The van der Waals surface area contributed by atoms with E-state index in [-0.39, 0.29) is 23.7 Å². The van der Waals surface area contributed by atoms with Gasteiger partial charge in [-0.3, -0.25) is 5.10 Å². The molecule has 0 fully saturated rings. The summed E-state index contributed by atoms with van der Waals surface area (Å²) in [6.07, 6.45) is 0.370. The fourth-order valence-corrected chi connectivity index (χ4v) is 4.98. The largest absolute Gasteiger partial charge is 0.476 e. The summed E-state index contributed by atoms with van der Waals surface area (Å²) in [6, 6.07) is 6.80. The predicted molar refractivity (Wildman–Crippen MR) is 98.3 cm³/mol. The second kappa shape index (κ2) is 6.57. The molecule has 9 nitrogen and oxygen atoms in total. The van der Waals surface area contributed by atoms with Crippen molar-refractivity contribution in [3.05, 3.63) is 52.5 Å². The first kappa shape index (κ1) is 18.4. The Hall–Kier alpha value is -2.98. The molecule has 0 bridgehead atoms. The van der Waals surface area contributed by atoms with Crippen molar-refractivity contribution >= 4 is 16.0 Å². The molecule has 0 spiro atoms. The van der Waals surface area contributed by atoms with Crippen molar-refractivity contribution in [1.82, 2.24) is 19.7 Å². The van der Waals surface area contributed by atoms with Crippen LogP contribution in [0.15, 0.2) is 33.7 Å². The van der Waals surface area contributed by atoms with E-state index in [2.05, 4.69) is 15.4 Å². The summed E-state index contributed by atoms with van der Waals surface area (Å²) >= 11 is 0. The van der Waals surface area contributed by atoms with E-state index in [9.17, 15) is 18.3 Å². The number of aryl methyl sites for hydroxylation is 2.